The van der Waals surface area contributed by atoms with Gasteiger partial charge < -0.3 is 15.2 Å². The molecule has 0 spiro atoms. The van der Waals surface area contributed by atoms with Gasteiger partial charge in [-0.05, 0) is 18.4 Å². The van der Waals surface area contributed by atoms with Gasteiger partial charge in [0.15, 0.2) is 0 Å². The first-order chi connectivity index (χ1) is 9.84. The maximum absolute atomic E-state index is 9.94. The van der Waals surface area contributed by atoms with Crippen molar-refractivity contribution in [1.29, 1.82) is 0 Å². The molecule has 2 N–H and O–H groups in total. The van der Waals surface area contributed by atoms with Crippen LogP contribution in [0.25, 0.3) is 0 Å². The minimum atomic E-state index is -0.415. The maximum atomic E-state index is 9.94. The molecule has 1 aromatic carbocycles. The lowest BCUT2D eigenvalue weighted by Crippen LogP contribution is -2.31. The molecular formula is C17H27NO2. The fourth-order valence-electron chi connectivity index (χ4n) is 2.69. The molecule has 1 unspecified atom stereocenters. The van der Waals surface area contributed by atoms with Crippen molar-refractivity contribution < 1.29 is 9.84 Å². The summed E-state index contributed by atoms with van der Waals surface area (Å²) in [5.74, 6) is 0. The Morgan fingerprint density at radius 1 is 1.10 bits per heavy atom. The van der Waals surface area contributed by atoms with Crippen LogP contribution in [-0.2, 0) is 11.3 Å². The fourth-order valence-corrected chi connectivity index (χ4v) is 2.69. The highest BCUT2D eigenvalue weighted by Gasteiger charge is 2.14. The Labute approximate surface area is 122 Å². The lowest BCUT2D eigenvalue weighted by molar-refractivity contribution is -0.0144. The van der Waals surface area contributed by atoms with Gasteiger partial charge >= 0.3 is 0 Å². The summed E-state index contributed by atoms with van der Waals surface area (Å²) in [5, 5.41) is 13.2. The number of benzene rings is 1. The van der Waals surface area contributed by atoms with Gasteiger partial charge in [-0.25, -0.2) is 0 Å². The summed E-state index contributed by atoms with van der Waals surface area (Å²) < 4.78 is 5.84. The topological polar surface area (TPSA) is 41.5 Å². The largest absolute Gasteiger partial charge is 0.389 e. The van der Waals surface area contributed by atoms with Crippen LogP contribution in [-0.4, -0.2) is 30.5 Å². The summed E-state index contributed by atoms with van der Waals surface area (Å²) in [7, 11) is 0. The van der Waals surface area contributed by atoms with Crippen LogP contribution in [0.1, 0.15) is 44.1 Å². The van der Waals surface area contributed by atoms with Crippen LogP contribution < -0.4 is 5.32 Å². The van der Waals surface area contributed by atoms with Gasteiger partial charge in [0.2, 0.25) is 0 Å². The van der Waals surface area contributed by atoms with E-state index in [1.54, 1.807) is 0 Å². The highest BCUT2D eigenvalue weighted by atomic mass is 16.5. The van der Waals surface area contributed by atoms with E-state index in [2.05, 4.69) is 17.4 Å². The van der Waals surface area contributed by atoms with E-state index in [1.807, 2.05) is 18.2 Å². The van der Waals surface area contributed by atoms with E-state index in [9.17, 15) is 5.11 Å². The highest BCUT2D eigenvalue weighted by molar-refractivity contribution is 5.14. The smallest absolute Gasteiger partial charge is 0.0897 e. The second kappa shape index (κ2) is 9.11. The molecule has 1 saturated carbocycles. The Kier molecular flexibility index (Phi) is 7.06. The van der Waals surface area contributed by atoms with Crippen molar-refractivity contribution in [3.8, 4) is 0 Å². The van der Waals surface area contributed by atoms with Gasteiger partial charge in [0.25, 0.3) is 0 Å². The maximum Gasteiger partial charge on any atom is 0.0897 e. The third kappa shape index (κ3) is 6.04. The Bertz CT molecular complexity index is 347. The van der Waals surface area contributed by atoms with Gasteiger partial charge in [0, 0.05) is 13.1 Å². The Morgan fingerprint density at radius 2 is 1.80 bits per heavy atom. The molecule has 0 amide bonds. The summed E-state index contributed by atoms with van der Waals surface area (Å²) in [6.45, 7) is 1.83. The molecule has 1 fully saturated rings. The number of ether oxygens (including phenoxy) is 1. The summed E-state index contributed by atoms with van der Waals surface area (Å²) in [6.07, 6.45) is 7.47. The molecule has 3 heteroatoms. The average Bonchev–Trinajstić information content (AvgIpc) is 2.75. The standard InChI is InChI=1S/C17H27NO2/c19-16(13-18-12-15-8-4-3-5-9-15)14-20-17-10-6-1-2-7-11-17/h3-5,8-9,16-19H,1-2,6-7,10-14H2. The monoisotopic (exact) mass is 277 g/mol. The first kappa shape index (κ1) is 15.5. The van der Waals surface area contributed by atoms with Crippen LogP contribution >= 0.6 is 0 Å². The molecule has 112 valence electrons. The predicted octanol–water partition coefficient (Wildman–Crippen LogP) is 2.88. The third-order valence-electron chi connectivity index (χ3n) is 3.88. The van der Waals surface area contributed by atoms with E-state index in [4.69, 9.17) is 4.74 Å². The van der Waals surface area contributed by atoms with Crippen LogP contribution in [0.3, 0.4) is 0 Å². The molecule has 20 heavy (non-hydrogen) atoms. The van der Waals surface area contributed by atoms with E-state index in [1.165, 1.54) is 31.2 Å². The lowest BCUT2D eigenvalue weighted by atomic mass is 10.1. The summed E-state index contributed by atoms with van der Waals surface area (Å²) in [5.41, 5.74) is 1.24. The molecule has 0 saturated heterocycles. The van der Waals surface area contributed by atoms with Gasteiger partial charge in [0.05, 0.1) is 18.8 Å². The second-order valence-electron chi connectivity index (χ2n) is 5.72. The molecule has 3 nitrogen and oxygen atoms in total. The van der Waals surface area contributed by atoms with E-state index in [0.717, 1.165) is 19.4 Å². The third-order valence-corrected chi connectivity index (χ3v) is 3.88. The molecular weight excluding hydrogens is 250 g/mol. The Balaban J connectivity index is 1.56. The highest BCUT2D eigenvalue weighted by Crippen LogP contribution is 2.19. The predicted molar refractivity (Wildman–Crippen MR) is 81.6 cm³/mol. The molecule has 0 bridgehead atoms. The summed E-state index contributed by atoms with van der Waals surface area (Å²) in [6, 6.07) is 10.2. The van der Waals surface area contributed by atoms with Gasteiger partial charge in [0.1, 0.15) is 0 Å². The zero-order chi connectivity index (χ0) is 14.0. The van der Waals surface area contributed by atoms with Crippen LogP contribution in [0.4, 0.5) is 0 Å². The first-order valence-electron chi connectivity index (χ1n) is 7.89. The van der Waals surface area contributed by atoms with E-state index in [0.29, 0.717) is 19.3 Å². The molecule has 1 aliphatic rings. The van der Waals surface area contributed by atoms with Crippen molar-refractivity contribution >= 4 is 0 Å². The van der Waals surface area contributed by atoms with Crippen molar-refractivity contribution in [2.75, 3.05) is 13.2 Å². The Morgan fingerprint density at radius 3 is 2.50 bits per heavy atom. The SMILES string of the molecule is OC(CNCc1ccccc1)COC1CCCCCC1. The quantitative estimate of drug-likeness (QED) is 0.753. The number of rotatable bonds is 7. The van der Waals surface area contributed by atoms with Crippen molar-refractivity contribution in [2.45, 2.75) is 57.3 Å². The van der Waals surface area contributed by atoms with Crippen molar-refractivity contribution in [3.05, 3.63) is 35.9 Å². The van der Waals surface area contributed by atoms with Crippen LogP contribution in [0.5, 0.6) is 0 Å². The minimum Gasteiger partial charge on any atom is -0.389 e. The molecule has 0 aliphatic heterocycles. The van der Waals surface area contributed by atoms with E-state index in [-0.39, 0.29) is 0 Å². The van der Waals surface area contributed by atoms with Crippen molar-refractivity contribution in [3.63, 3.8) is 0 Å². The molecule has 1 aromatic rings. The molecule has 0 radical (unpaired) electrons. The number of aliphatic hydroxyl groups excluding tert-OH is 1. The second-order valence-corrected chi connectivity index (χ2v) is 5.72. The normalized spacial score (nSPS) is 18.6. The Hall–Kier alpha value is -0.900. The number of nitrogens with one attached hydrogen (secondary N) is 1. The van der Waals surface area contributed by atoms with Gasteiger partial charge in [-0.2, -0.15) is 0 Å². The lowest BCUT2D eigenvalue weighted by Gasteiger charge is -2.18. The van der Waals surface area contributed by atoms with Crippen LogP contribution in [0.2, 0.25) is 0 Å². The first-order valence-corrected chi connectivity index (χ1v) is 7.89. The average molecular weight is 277 g/mol. The fraction of sp³-hybridized carbons (Fsp3) is 0.647. The van der Waals surface area contributed by atoms with Crippen molar-refractivity contribution in [2.24, 2.45) is 0 Å². The molecule has 0 heterocycles. The van der Waals surface area contributed by atoms with Gasteiger partial charge in [-0.3, -0.25) is 0 Å². The van der Waals surface area contributed by atoms with Gasteiger partial charge in [-0.1, -0.05) is 56.0 Å². The van der Waals surface area contributed by atoms with Crippen molar-refractivity contribution in [1.82, 2.24) is 5.32 Å². The molecule has 1 aliphatic carbocycles. The molecule has 2 rings (SSSR count). The zero-order valence-electron chi connectivity index (χ0n) is 12.3. The zero-order valence-corrected chi connectivity index (χ0v) is 12.3. The van der Waals surface area contributed by atoms with Crippen LogP contribution in [0, 0.1) is 0 Å². The number of hydrogen-bond acceptors (Lipinski definition) is 3. The summed E-state index contributed by atoms with van der Waals surface area (Å²) >= 11 is 0. The van der Waals surface area contributed by atoms with E-state index >= 15 is 0 Å². The number of hydrogen-bond donors (Lipinski definition) is 2. The van der Waals surface area contributed by atoms with Gasteiger partial charge in [-0.15, -0.1) is 0 Å². The molecule has 1 atom stereocenters. The van der Waals surface area contributed by atoms with Crippen LogP contribution in [0.15, 0.2) is 30.3 Å². The van der Waals surface area contributed by atoms with E-state index < -0.39 is 6.10 Å². The minimum absolute atomic E-state index is 0.362. The molecule has 0 aromatic heterocycles. The summed E-state index contributed by atoms with van der Waals surface area (Å²) in [4.78, 5) is 0. The number of aliphatic hydroxyl groups is 1.